The molecule has 0 radical (unpaired) electrons. The summed E-state index contributed by atoms with van der Waals surface area (Å²) in [6, 6.07) is 8.05. The number of rotatable bonds is 2. The lowest BCUT2D eigenvalue weighted by Crippen LogP contribution is -1.98. The summed E-state index contributed by atoms with van der Waals surface area (Å²) in [7, 11) is 0. The standard InChI is InChI=1S/C14H14Cl2N2/c1-8-4-6-11(7-5-8)18-14-12(15)9(2)17-10(3)13(14)16/h4-7H,1-3H3,(H,17,18). The number of halogens is 2. The predicted molar refractivity (Wildman–Crippen MR) is 78.2 cm³/mol. The smallest absolute Gasteiger partial charge is 0.0868 e. The van der Waals surface area contributed by atoms with Gasteiger partial charge in [0.05, 0.1) is 27.1 Å². The second-order valence-corrected chi connectivity index (χ2v) is 5.03. The third-order valence-electron chi connectivity index (χ3n) is 2.73. The van der Waals surface area contributed by atoms with Crippen molar-refractivity contribution < 1.29 is 0 Å². The molecule has 0 bridgehead atoms. The molecule has 0 aliphatic carbocycles. The molecule has 2 rings (SSSR count). The van der Waals surface area contributed by atoms with Crippen molar-refractivity contribution in [3.8, 4) is 0 Å². The Morgan fingerprint density at radius 2 is 1.39 bits per heavy atom. The van der Waals surface area contributed by atoms with E-state index in [2.05, 4.69) is 10.3 Å². The summed E-state index contributed by atoms with van der Waals surface area (Å²) in [4.78, 5) is 4.29. The number of aryl methyl sites for hydroxylation is 3. The zero-order chi connectivity index (χ0) is 13.3. The van der Waals surface area contributed by atoms with Crippen LogP contribution in [0.1, 0.15) is 17.0 Å². The lowest BCUT2D eigenvalue weighted by molar-refractivity contribution is 1.12. The highest BCUT2D eigenvalue weighted by Gasteiger charge is 2.13. The molecule has 0 saturated heterocycles. The molecule has 0 spiro atoms. The molecule has 4 heteroatoms. The van der Waals surface area contributed by atoms with Gasteiger partial charge in [0.15, 0.2) is 0 Å². The largest absolute Gasteiger partial charge is 0.353 e. The van der Waals surface area contributed by atoms with Crippen LogP contribution in [0, 0.1) is 20.8 Å². The van der Waals surface area contributed by atoms with Gasteiger partial charge in [-0.25, -0.2) is 0 Å². The average Bonchev–Trinajstić information content (AvgIpc) is 2.34. The summed E-state index contributed by atoms with van der Waals surface area (Å²) in [6.45, 7) is 5.78. The molecule has 2 nitrogen and oxygen atoms in total. The Labute approximate surface area is 117 Å². The molecule has 94 valence electrons. The van der Waals surface area contributed by atoms with E-state index >= 15 is 0 Å². The van der Waals surface area contributed by atoms with E-state index in [1.807, 2.05) is 45.0 Å². The molecular weight excluding hydrogens is 267 g/mol. The van der Waals surface area contributed by atoms with Gasteiger partial charge in [-0.2, -0.15) is 0 Å². The van der Waals surface area contributed by atoms with E-state index in [1.54, 1.807) is 0 Å². The van der Waals surface area contributed by atoms with Crippen LogP contribution in [0.3, 0.4) is 0 Å². The minimum absolute atomic E-state index is 0.561. The van der Waals surface area contributed by atoms with Gasteiger partial charge >= 0.3 is 0 Å². The van der Waals surface area contributed by atoms with Crippen molar-refractivity contribution in [3.63, 3.8) is 0 Å². The number of hydrogen-bond donors (Lipinski definition) is 1. The molecule has 1 aromatic heterocycles. The lowest BCUT2D eigenvalue weighted by atomic mass is 10.2. The summed E-state index contributed by atoms with van der Waals surface area (Å²) < 4.78 is 0. The number of pyridine rings is 1. The van der Waals surface area contributed by atoms with Crippen molar-refractivity contribution in [3.05, 3.63) is 51.3 Å². The van der Waals surface area contributed by atoms with E-state index in [0.717, 1.165) is 17.1 Å². The van der Waals surface area contributed by atoms with E-state index in [0.29, 0.717) is 15.7 Å². The molecule has 0 atom stereocenters. The SMILES string of the molecule is Cc1ccc(Nc2c(Cl)c(C)nc(C)c2Cl)cc1. The number of hydrogen-bond acceptors (Lipinski definition) is 2. The summed E-state index contributed by atoms with van der Waals surface area (Å²) in [5, 5.41) is 4.37. The predicted octanol–water partition coefficient (Wildman–Crippen LogP) is 5.06. The number of benzene rings is 1. The molecule has 0 amide bonds. The molecule has 1 heterocycles. The van der Waals surface area contributed by atoms with Crippen LogP contribution in [-0.4, -0.2) is 4.98 Å². The van der Waals surface area contributed by atoms with Crippen LogP contribution < -0.4 is 5.32 Å². The van der Waals surface area contributed by atoms with Crippen LogP contribution in [0.25, 0.3) is 0 Å². The Kier molecular flexibility index (Phi) is 3.79. The highest BCUT2D eigenvalue weighted by Crippen LogP contribution is 2.35. The fourth-order valence-electron chi connectivity index (χ4n) is 1.70. The Bertz CT molecular complexity index is 551. The third kappa shape index (κ3) is 2.60. The second-order valence-electron chi connectivity index (χ2n) is 4.28. The van der Waals surface area contributed by atoms with Gasteiger partial charge in [0.2, 0.25) is 0 Å². The van der Waals surface area contributed by atoms with E-state index < -0.39 is 0 Å². The van der Waals surface area contributed by atoms with Crippen LogP contribution in [0.2, 0.25) is 10.0 Å². The average molecular weight is 281 g/mol. The highest BCUT2D eigenvalue weighted by molar-refractivity contribution is 6.39. The molecule has 1 aromatic carbocycles. The zero-order valence-corrected chi connectivity index (χ0v) is 12.0. The minimum atomic E-state index is 0.561. The number of nitrogens with one attached hydrogen (secondary N) is 1. The maximum Gasteiger partial charge on any atom is 0.0868 e. The van der Waals surface area contributed by atoms with E-state index in [-0.39, 0.29) is 0 Å². The summed E-state index contributed by atoms with van der Waals surface area (Å²) in [6.07, 6.45) is 0. The molecule has 18 heavy (non-hydrogen) atoms. The van der Waals surface area contributed by atoms with Gasteiger partial charge in [-0.15, -0.1) is 0 Å². The topological polar surface area (TPSA) is 24.9 Å². The fourth-order valence-corrected chi connectivity index (χ4v) is 2.12. The van der Waals surface area contributed by atoms with Crippen molar-refractivity contribution in [2.24, 2.45) is 0 Å². The molecule has 0 aliphatic rings. The number of aromatic nitrogens is 1. The van der Waals surface area contributed by atoms with E-state index in [4.69, 9.17) is 23.2 Å². The van der Waals surface area contributed by atoms with Gasteiger partial charge in [-0.05, 0) is 32.9 Å². The molecule has 1 N–H and O–H groups in total. The van der Waals surface area contributed by atoms with Crippen LogP contribution in [0.4, 0.5) is 11.4 Å². The first-order valence-electron chi connectivity index (χ1n) is 5.65. The maximum atomic E-state index is 6.24. The quantitative estimate of drug-likeness (QED) is 0.832. The second kappa shape index (κ2) is 5.17. The van der Waals surface area contributed by atoms with E-state index in [1.165, 1.54) is 5.56 Å². The first-order chi connectivity index (χ1) is 8.49. The first kappa shape index (κ1) is 13.2. The van der Waals surface area contributed by atoms with Gasteiger partial charge in [-0.1, -0.05) is 40.9 Å². The Balaban J connectivity index is 2.42. The van der Waals surface area contributed by atoms with Crippen LogP contribution in [-0.2, 0) is 0 Å². The Morgan fingerprint density at radius 3 is 1.89 bits per heavy atom. The highest BCUT2D eigenvalue weighted by atomic mass is 35.5. The summed E-state index contributed by atoms with van der Waals surface area (Å²) in [5.74, 6) is 0. The zero-order valence-electron chi connectivity index (χ0n) is 10.5. The van der Waals surface area contributed by atoms with Crippen LogP contribution in [0.15, 0.2) is 24.3 Å². The summed E-state index contributed by atoms with van der Waals surface area (Å²) >= 11 is 12.5. The number of anilines is 2. The van der Waals surface area contributed by atoms with Gasteiger partial charge in [0.25, 0.3) is 0 Å². The monoisotopic (exact) mass is 280 g/mol. The van der Waals surface area contributed by atoms with E-state index in [9.17, 15) is 0 Å². The third-order valence-corrected chi connectivity index (χ3v) is 3.66. The summed E-state index contributed by atoms with van der Waals surface area (Å²) in [5.41, 5.74) is 4.42. The first-order valence-corrected chi connectivity index (χ1v) is 6.40. The fraction of sp³-hybridized carbons (Fsp3) is 0.214. The van der Waals surface area contributed by atoms with Crippen molar-refractivity contribution >= 4 is 34.6 Å². The van der Waals surface area contributed by atoms with Gasteiger partial charge < -0.3 is 5.32 Å². The molecule has 0 fully saturated rings. The van der Waals surface area contributed by atoms with Crippen molar-refractivity contribution in [1.29, 1.82) is 0 Å². The molecule has 0 saturated carbocycles. The molecule has 0 unspecified atom stereocenters. The van der Waals surface area contributed by atoms with Gasteiger partial charge in [-0.3, -0.25) is 4.98 Å². The Hall–Kier alpha value is -1.25. The normalized spacial score (nSPS) is 10.5. The van der Waals surface area contributed by atoms with Gasteiger partial charge in [0, 0.05) is 5.69 Å². The lowest BCUT2D eigenvalue weighted by Gasteiger charge is -2.13. The Morgan fingerprint density at radius 1 is 0.889 bits per heavy atom. The molecule has 2 aromatic rings. The minimum Gasteiger partial charge on any atom is -0.353 e. The van der Waals surface area contributed by atoms with Crippen molar-refractivity contribution in [1.82, 2.24) is 4.98 Å². The molecular formula is C14H14Cl2N2. The van der Waals surface area contributed by atoms with Crippen molar-refractivity contribution in [2.45, 2.75) is 20.8 Å². The van der Waals surface area contributed by atoms with Crippen molar-refractivity contribution in [2.75, 3.05) is 5.32 Å². The van der Waals surface area contributed by atoms with Gasteiger partial charge in [0.1, 0.15) is 0 Å². The van der Waals surface area contributed by atoms with Crippen LogP contribution >= 0.6 is 23.2 Å². The molecule has 0 aliphatic heterocycles. The number of nitrogens with zero attached hydrogens (tertiary/aromatic N) is 1. The maximum absolute atomic E-state index is 6.24. The van der Waals surface area contributed by atoms with Crippen LogP contribution in [0.5, 0.6) is 0 Å².